The Morgan fingerprint density at radius 1 is 1.19 bits per heavy atom. The molecule has 3 rings (SSSR count). The quantitative estimate of drug-likeness (QED) is 0.704. The van der Waals surface area contributed by atoms with Gasteiger partial charge in [0, 0.05) is 6.54 Å². The van der Waals surface area contributed by atoms with Crippen LogP contribution in [-0.2, 0) is 9.53 Å². The molecule has 0 amide bonds. The van der Waals surface area contributed by atoms with Gasteiger partial charge in [0.05, 0.1) is 5.92 Å². The summed E-state index contributed by atoms with van der Waals surface area (Å²) < 4.78 is 19.5. The van der Waals surface area contributed by atoms with Crippen molar-refractivity contribution in [2.75, 3.05) is 20.1 Å². The van der Waals surface area contributed by atoms with Crippen LogP contribution >= 0.6 is 0 Å². The van der Waals surface area contributed by atoms with Crippen LogP contribution in [0.3, 0.4) is 0 Å². The largest absolute Gasteiger partial charge is 0.462 e. The maximum absolute atomic E-state index is 13.3. The maximum atomic E-state index is 13.3. The minimum absolute atomic E-state index is 0.0300. The van der Waals surface area contributed by atoms with Crippen molar-refractivity contribution in [3.8, 4) is 0 Å². The van der Waals surface area contributed by atoms with Crippen LogP contribution in [0.5, 0.6) is 0 Å². The van der Waals surface area contributed by atoms with E-state index in [1.807, 2.05) is 12.1 Å². The highest BCUT2D eigenvalue weighted by Gasteiger charge is 2.39. The Bertz CT molecular complexity index is 630. The first-order valence-electron chi connectivity index (χ1n) is 10.5. The Balaban J connectivity index is 1.75. The summed E-state index contributed by atoms with van der Waals surface area (Å²) in [5, 5.41) is 0. The number of likely N-dealkylation sites (tertiary alicyclic amines) is 1. The van der Waals surface area contributed by atoms with Crippen molar-refractivity contribution in [2.45, 2.75) is 58.5 Å². The lowest BCUT2D eigenvalue weighted by molar-refractivity contribution is -0.163. The summed E-state index contributed by atoms with van der Waals surface area (Å²) in [4.78, 5) is 15.4. The van der Waals surface area contributed by atoms with E-state index in [2.05, 4.69) is 32.7 Å². The predicted octanol–water partition coefficient (Wildman–Crippen LogP) is 4.87. The van der Waals surface area contributed by atoms with Crippen LogP contribution in [0.25, 0.3) is 0 Å². The topological polar surface area (TPSA) is 29.5 Å². The summed E-state index contributed by atoms with van der Waals surface area (Å²) in [7, 11) is 2.06. The van der Waals surface area contributed by atoms with Crippen molar-refractivity contribution in [3.63, 3.8) is 0 Å². The van der Waals surface area contributed by atoms with Crippen molar-refractivity contribution in [1.82, 2.24) is 4.90 Å². The molecule has 0 unspecified atom stereocenters. The molecule has 3 nitrogen and oxygen atoms in total. The summed E-state index contributed by atoms with van der Waals surface area (Å²) in [6.07, 6.45) is 4.27. The number of rotatable bonds is 4. The average Bonchev–Trinajstić information content (AvgIpc) is 2.62. The number of piperidine rings is 1. The Morgan fingerprint density at radius 3 is 2.56 bits per heavy atom. The molecule has 0 N–H and O–H groups in total. The summed E-state index contributed by atoms with van der Waals surface area (Å²) >= 11 is 0. The van der Waals surface area contributed by atoms with E-state index >= 15 is 0 Å². The minimum Gasteiger partial charge on any atom is -0.462 e. The van der Waals surface area contributed by atoms with Gasteiger partial charge in [-0.15, -0.1) is 0 Å². The second-order valence-corrected chi connectivity index (χ2v) is 9.12. The molecule has 1 aliphatic carbocycles. The Hall–Kier alpha value is -1.42. The van der Waals surface area contributed by atoms with Crippen molar-refractivity contribution < 1.29 is 13.9 Å². The zero-order valence-electron chi connectivity index (χ0n) is 17.2. The lowest BCUT2D eigenvalue weighted by atomic mass is 9.75. The van der Waals surface area contributed by atoms with E-state index in [4.69, 9.17) is 4.74 Å². The molecule has 1 aromatic carbocycles. The van der Waals surface area contributed by atoms with Gasteiger partial charge in [-0.1, -0.05) is 39.3 Å². The molecular weight excluding hydrogens is 341 g/mol. The fraction of sp³-hybridized carbons (Fsp3) is 0.696. The molecule has 150 valence electrons. The Kier molecular flexibility index (Phi) is 6.56. The van der Waals surface area contributed by atoms with Gasteiger partial charge in [0.15, 0.2) is 0 Å². The van der Waals surface area contributed by atoms with Gasteiger partial charge in [-0.2, -0.15) is 0 Å². The summed E-state index contributed by atoms with van der Waals surface area (Å²) in [6.45, 7) is 8.37. The molecule has 1 aliphatic heterocycles. The zero-order valence-corrected chi connectivity index (χ0v) is 17.2. The molecule has 0 aromatic heterocycles. The van der Waals surface area contributed by atoms with Crippen LogP contribution in [0, 0.1) is 29.5 Å². The Labute approximate surface area is 163 Å². The molecule has 1 aromatic rings. The lowest BCUT2D eigenvalue weighted by Crippen LogP contribution is -2.44. The fourth-order valence-corrected chi connectivity index (χ4v) is 4.95. The van der Waals surface area contributed by atoms with E-state index in [1.165, 1.54) is 18.6 Å². The van der Waals surface area contributed by atoms with E-state index < -0.39 is 0 Å². The molecule has 2 aliphatic rings. The highest BCUT2D eigenvalue weighted by atomic mass is 19.1. The predicted molar refractivity (Wildman–Crippen MR) is 106 cm³/mol. The van der Waals surface area contributed by atoms with Crippen LogP contribution in [-0.4, -0.2) is 37.1 Å². The number of carbonyl (C=O) groups excluding carboxylic acids is 1. The van der Waals surface area contributed by atoms with Gasteiger partial charge in [-0.25, -0.2) is 4.39 Å². The van der Waals surface area contributed by atoms with Gasteiger partial charge < -0.3 is 9.64 Å². The minimum atomic E-state index is -0.234. The van der Waals surface area contributed by atoms with Crippen molar-refractivity contribution in [3.05, 3.63) is 35.6 Å². The van der Waals surface area contributed by atoms with E-state index in [0.717, 1.165) is 31.4 Å². The molecule has 0 radical (unpaired) electrons. The third kappa shape index (κ3) is 4.90. The molecule has 2 fully saturated rings. The average molecular weight is 376 g/mol. The first-order valence-corrected chi connectivity index (χ1v) is 10.5. The highest BCUT2D eigenvalue weighted by molar-refractivity contribution is 5.74. The first-order chi connectivity index (χ1) is 12.8. The molecule has 1 saturated carbocycles. The standard InChI is InChI=1S/C23H34FNO2/c1-15(2)19-10-5-16(3)13-22(19)27-23(26)21-14-25(4)12-11-20(21)17-6-8-18(24)9-7-17/h6-9,15-16,19-22H,5,10-14H2,1-4H3/t16-,19-,20-,21+,22-/m1/s1. The van der Waals surface area contributed by atoms with Crippen LogP contribution in [0.15, 0.2) is 24.3 Å². The number of benzene rings is 1. The van der Waals surface area contributed by atoms with Crippen LogP contribution in [0.2, 0.25) is 0 Å². The molecule has 1 heterocycles. The maximum Gasteiger partial charge on any atom is 0.311 e. The molecule has 5 atom stereocenters. The number of hydrogen-bond acceptors (Lipinski definition) is 3. The van der Waals surface area contributed by atoms with Crippen molar-refractivity contribution in [2.24, 2.45) is 23.7 Å². The third-order valence-electron chi connectivity index (χ3n) is 6.65. The number of halogens is 1. The zero-order chi connectivity index (χ0) is 19.6. The van der Waals surface area contributed by atoms with Crippen molar-refractivity contribution in [1.29, 1.82) is 0 Å². The highest BCUT2D eigenvalue weighted by Crippen LogP contribution is 2.38. The number of ether oxygens (including phenoxy) is 1. The SMILES string of the molecule is CC(C)[C@H]1CC[C@@H](C)C[C@H]1OC(=O)[C@H]1CN(C)CC[C@@H]1c1ccc(F)cc1. The van der Waals surface area contributed by atoms with Gasteiger partial charge in [-0.05, 0) is 74.2 Å². The molecule has 0 bridgehead atoms. The van der Waals surface area contributed by atoms with Crippen molar-refractivity contribution >= 4 is 5.97 Å². The normalized spacial score (nSPS) is 32.4. The lowest BCUT2D eigenvalue weighted by Gasteiger charge is -2.40. The van der Waals surface area contributed by atoms with Crippen LogP contribution in [0.1, 0.15) is 57.9 Å². The molecular formula is C23H34FNO2. The molecule has 0 spiro atoms. The monoisotopic (exact) mass is 375 g/mol. The number of carbonyl (C=O) groups is 1. The van der Waals surface area contributed by atoms with Gasteiger partial charge in [0.2, 0.25) is 0 Å². The summed E-state index contributed by atoms with van der Waals surface area (Å²) in [5.74, 6) is 1.21. The third-order valence-corrected chi connectivity index (χ3v) is 6.65. The summed E-state index contributed by atoms with van der Waals surface area (Å²) in [6, 6.07) is 6.64. The smallest absolute Gasteiger partial charge is 0.311 e. The van der Waals surface area contributed by atoms with Crippen LogP contribution in [0.4, 0.5) is 4.39 Å². The number of hydrogen-bond donors (Lipinski definition) is 0. The second kappa shape index (κ2) is 8.72. The van der Waals surface area contributed by atoms with Gasteiger partial charge in [0.1, 0.15) is 11.9 Å². The van der Waals surface area contributed by atoms with Crippen LogP contribution < -0.4 is 0 Å². The van der Waals surface area contributed by atoms with E-state index in [1.54, 1.807) is 0 Å². The Morgan fingerprint density at radius 2 is 1.89 bits per heavy atom. The summed E-state index contributed by atoms with van der Waals surface area (Å²) in [5.41, 5.74) is 1.05. The molecule has 1 saturated heterocycles. The van der Waals surface area contributed by atoms with E-state index in [-0.39, 0.29) is 29.7 Å². The van der Waals surface area contributed by atoms with Gasteiger partial charge >= 0.3 is 5.97 Å². The second-order valence-electron chi connectivity index (χ2n) is 9.12. The van der Waals surface area contributed by atoms with Gasteiger partial charge in [-0.3, -0.25) is 4.79 Å². The van der Waals surface area contributed by atoms with E-state index in [9.17, 15) is 9.18 Å². The number of nitrogens with zero attached hydrogens (tertiary/aromatic N) is 1. The number of esters is 1. The van der Waals surface area contributed by atoms with Gasteiger partial charge in [0.25, 0.3) is 0 Å². The molecule has 27 heavy (non-hydrogen) atoms. The fourth-order valence-electron chi connectivity index (χ4n) is 4.95. The molecule has 4 heteroatoms. The van der Waals surface area contributed by atoms with E-state index in [0.29, 0.717) is 24.3 Å². The first kappa shape index (κ1) is 20.3.